The van der Waals surface area contributed by atoms with Gasteiger partial charge in [-0.3, -0.25) is 4.79 Å². The topological polar surface area (TPSA) is 75.7 Å². The average molecular weight is 455 g/mol. The van der Waals surface area contributed by atoms with E-state index >= 15 is 0 Å². The fourth-order valence-corrected chi connectivity index (χ4v) is 6.63. The summed E-state index contributed by atoms with van der Waals surface area (Å²) < 4.78 is 33.8. The molecule has 0 spiro atoms. The number of carbonyl (C=O) groups is 1. The van der Waals surface area contributed by atoms with E-state index in [1.807, 2.05) is 30.3 Å². The minimum atomic E-state index is -3.52. The van der Waals surface area contributed by atoms with Crippen LogP contribution in [0.3, 0.4) is 0 Å². The van der Waals surface area contributed by atoms with Gasteiger partial charge in [-0.15, -0.1) is 0 Å². The first kappa shape index (κ1) is 21.5. The number of carbonyl (C=O) groups excluding carboxylic acids is 1. The number of amides is 1. The fraction of sp³-hybridized carbons (Fsp3) is 0.480. The van der Waals surface area contributed by atoms with E-state index in [0.717, 1.165) is 31.4 Å². The van der Waals surface area contributed by atoms with Gasteiger partial charge in [0.05, 0.1) is 11.4 Å². The Morgan fingerprint density at radius 2 is 1.75 bits per heavy atom. The first-order valence-electron chi connectivity index (χ1n) is 11.6. The van der Waals surface area contributed by atoms with Gasteiger partial charge in [0.15, 0.2) is 0 Å². The number of nitrogens with zero attached hydrogens (tertiary/aromatic N) is 1. The predicted molar refractivity (Wildman–Crippen MR) is 122 cm³/mol. The van der Waals surface area contributed by atoms with E-state index in [4.69, 9.17) is 4.74 Å². The monoisotopic (exact) mass is 454 g/mol. The van der Waals surface area contributed by atoms with Crippen LogP contribution in [0, 0.1) is 5.92 Å². The zero-order chi connectivity index (χ0) is 22.1. The molecule has 1 N–H and O–H groups in total. The highest BCUT2D eigenvalue weighted by molar-refractivity contribution is 7.89. The minimum Gasteiger partial charge on any atom is -0.488 e. The van der Waals surface area contributed by atoms with Gasteiger partial charge in [0.2, 0.25) is 15.9 Å². The van der Waals surface area contributed by atoms with E-state index < -0.39 is 10.0 Å². The lowest BCUT2D eigenvalue weighted by Crippen LogP contribution is -2.44. The Morgan fingerprint density at radius 1 is 1.00 bits per heavy atom. The molecule has 0 saturated carbocycles. The van der Waals surface area contributed by atoms with Gasteiger partial charge in [0.1, 0.15) is 11.9 Å². The molecule has 2 aliphatic heterocycles. The van der Waals surface area contributed by atoms with Gasteiger partial charge in [-0.05, 0) is 73.4 Å². The maximum atomic E-state index is 13.2. The molecule has 5 rings (SSSR count). The summed E-state index contributed by atoms with van der Waals surface area (Å²) in [4.78, 5) is 13.1. The van der Waals surface area contributed by atoms with Crippen molar-refractivity contribution in [2.45, 2.75) is 55.9 Å². The van der Waals surface area contributed by atoms with Crippen molar-refractivity contribution in [1.82, 2.24) is 9.62 Å². The van der Waals surface area contributed by atoms with Crippen LogP contribution in [0.4, 0.5) is 0 Å². The number of rotatable bonds is 5. The number of fused-ring (bicyclic) bond motifs is 2. The standard InChI is InChI=1S/C25H30N2O4S/c28-25(26-17-22-15-21-7-3-4-8-24(21)31-22)19-11-13-27(14-12-19)32(29,30)23-10-9-18-5-1-2-6-20(18)16-23/h3-4,7-10,16,19,22H,1-2,5-6,11-15,17H2,(H,26,28). The van der Waals surface area contributed by atoms with Gasteiger partial charge in [0.25, 0.3) is 0 Å². The van der Waals surface area contributed by atoms with Crippen molar-refractivity contribution in [1.29, 1.82) is 0 Å². The molecule has 32 heavy (non-hydrogen) atoms. The van der Waals surface area contributed by atoms with Crippen LogP contribution in [0.15, 0.2) is 47.4 Å². The Morgan fingerprint density at radius 3 is 2.53 bits per heavy atom. The van der Waals surface area contributed by atoms with Crippen molar-refractivity contribution in [2.24, 2.45) is 5.92 Å². The van der Waals surface area contributed by atoms with Crippen LogP contribution in [0.2, 0.25) is 0 Å². The third kappa shape index (κ3) is 4.28. The molecule has 170 valence electrons. The summed E-state index contributed by atoms with van der Waals surface area (Å²) in [6.07, 6.45) is 6.13. The molecule has 2 heterocycles. The fourth-order valence-electron chi connectivity index (χ4n) is 5.10. The summed E-state index contributed by atoms with van der Waals surface area (Å²) in [6, 6.07) is 13.5. The summed E-state index contributed by atoms with van der Waals surface area (Å²) >= 11 is 0. The number of ether oxygens (including phenoxy) is 1. The SMILES string of the molecule is O=C(NCC1Cc2ccccc2O1)C1CCN(S(=O)(=O)c2ccc3c(c2)CCCC3)CC1. The summed E-state index contributed by atoms with van der Waals surface area (Å²) in [6.45, 7) is 1.23. The zero-order valence-electron chi connectivity index (χ0n) is 18.3. The largest absolute Gasteiger partial charge is 0.488 e. The smallest absolute Gasteiger partial charge is 0.243 e. The van der Waals surface area contributed by atoms with Gasteiger partial charge in [0, 0.05) is 25.4 Å². The summed E-state index contributed by atoms with van der Waals surface area (Å²) in [7, 11) is -3.52. The van der Waals surface area contributed by atoms with E-state index in [1.165, 1.54) is 27.4 Å². The Balaban J connectivity index is 1.14. The Hall–Kier alpha value is -2.38. The summed E-state index contributed by atoms with van der Waals surface area (Å²) in [5.74, 6) is 0.733. The van der Waals surface area contributed by atoms with Gasteiger partial charge in [-0.2, -0.15) is 4.31 Å². The Kier molecular flexibility index (Phi) is 5.95. The third-order valence-corrected chi connectivity index (χ3v) is 8.89. The number of nitrogens with one attached hydrogen (secondary N) is 1. The molecule has 0 aromatic heterocycles. The first-order chi connectivity index (χ1) is 15.5. The maximum Gasteiger partial charge on any atom is 0.243 e. The number of aryl methyl sites for hydroxylation is 2. The molecular formula is C25H30N2O4S. The van der Waals surface area contributed by atoms with Gasteiger partial charge < -0.3 is 10.1 Å². The van der Waals surface area contributed by atoms with Crippen molar-refractivity contribution < 1.29 is 17.9 Å². The van der Waals surface area contributed by atoms with E-state index in [-0.39, 0.29) is 17.9 Å². The number of benzene rings is 2. The molecule has 7 heteroatoms. The summed E-state index contributed by atoms with van der Waals surface area (Å²) in [5, 5.41) is 3.02. The molecule has 1 saturated heterocycles. The highest BCUT2D eigenvalue weighted by atomic mass is 32.2. The predicted octanol–water partition coefficient (Wildman–Crippen LogP) is 3.09. The number of para-hydroxylation sites is 1. The van der Waals surface area contributed by atoms with Crippen LogP contribution in [0.1, 0.15) is 42.4 Å². The van der Waals surface area contributed by atoms with Crippen molar-refractivity contribution in [2.75, 3.05) is 19.6 Å². The highest BCUT2D eigenvalue weighted by Crippen LogP contribution is 2.29. The molecule has 0 radical (unpaired) electrons. The normalized spacial score (nSPS) is 21.4. The molecule has 2 aromatic carbocycles. The number of piperidine rings is 1. The zero-order valence-corrected chi connectivity index (χ0v) is 19.1. The number of hydrogen-bond donors (Lipinski definition) is 1. The van der Waals surface area contributed by atoms with Crippen molar-refractivity contribution in [3.63, 3.8) is 0 Å². The van der Waals surface area contributed by atoms with Crippen LogP contribution in [0.25, 0.3) is 0 Å². The lowest BCUT2D eigenvalue weighted by atomic mass is 9.92. The molecule has 1 aliphatic carbocycles. The van der Waals surface area contributed by atoms with Crippen molar-refractivity contribution in [3.8, 4) is 5.75 Å². The molecule has 1 amide bonds. The van der Waals surface area contributed by atoms with Crippen LogP contribution in [-0.2, 0) is 34.1 Å². The molecule has 1 fully saturated rings. The molecule has 0 bridgehead atoms. The first-order valence-corrected chi connectivity index (χ1v) is 13.1. The van der Waals surface area contributed by atoms with E-state index in [0.29, 0.717) is 37.4 Å². The van der Waals surface area contributed by atoms with Gasteiger partial charge in [-0.25, -0.2) is 8.42 Å². The number of sulfonamides is 1. The Bertz CT molecular complexity index is 1080. The van der Waals surface area contributed by atoms with E-state index in [1.54, 1.807) is 6.07 Å². The van der Waals surface area contributed by atoms with E-state index in [9.17, 15) is 13.2 Å². The average Bonchev–Trinajstić information content (AvgIpc) is 3.25. The van der Waals surface area contributed by atoms with Crippen LogP contribution in [0.5, 0.6) is 5.75 Å². The highest BCUT2D eigenvalue weighted by Gasteiger charge is 2.33. The van der Waals surface area contributed by atoms with Crippen molar-refractivity contribution >= 4 is 15.9 Å². The maximum absolute atomic E-state index is 13.2. The van der Waals surface area contributed by atoms with Crippen molar-refractivity contribution in [3.05, 3.63) is 59.2 Å². The second kappa shape index (κ2) is 8.87. The van der Waals surface area contributed by atoms with Gasteiger partial charge in [-0.1, -0.05) is 24.3 Å². The molecule has 2 aromatic rings. The molecular weight excluding hydrogens is 424 g/mol. The quantitative estimate of drug-likeness (QED) is 0.753. The van der Waals surface area contributed by atoms with Crippen LogP contribution >= 0.6 is 0 Å². The van der Waals surface area contributed by atoms with Gasteiger partial charge >= 0.3 is 0 Å². The Labute approximate surface area is 190 Å². The van der Waals surface area contributed by atoms with Crippen LogP contribution in [-0.4, -0.2) is 44.4 Å². The lowest BCUT2D eigenvalue weighted by Gasteiger charge is -2.31. The summed E-state index contributed by atoms with van der Waals surface area (Å²) in [5.41, 5.74) is 3.62. The third-order valence-electron chi connectivity index (χ3n) is 7.00. The van der Waals surface area contributed by atoms with E-state index in [2.05, 4.69) is 11.4 Å². The second-order valence-corrected chi connectivity index (χ2v) is 11.1. The second-order valence-electron chi connectivity index (χ2n) is 9.11. The molecule has 3 aliphatic rings. The molecule has 6 nitrogen and oxygen atoms in total. The minimum absolute atomic E-state index is 0.00427. The molecule has 1 unspecified atom stereocenters. The number of hydrogen-bond acceptors (Lipinski definition) is 4. The van der Waals surface area contributed by atoms with Crippen LogP contribution < -0.4 is 10.1 Å². The molecule has 1 atom stereocenters. The lowest BCUT2D eigenvalue weighted by molar-refractivity contribution is -0.126.